The van der Waals surface area contributed by atoms with Gasteiger partial charge in [0, 0.05) is 17.1 Å². The Morgan fingerprint density at radius 1 is 1.54 bits per heavy atom. The minimum atomic E-state index is 0.247. The molecule has 1 atom stereocenters. The molecule has 0 heterocycles. The lowest BCUT2D eigenvalue weighted by atomic mass is 10.1. The molecule has 0 fully saturated rings. The molecule has 1 aromatic carbocycles. The molecule has 1 rings (SSSR count). The molecule has 13 heavy (non-hydrogen) atoms. The second-order valence-electron chi connectivity index (χ2n) is 3.09. The van der Waals surface area contributed by atoms with Crippen LogP contribution in [0.1, 0.15) is 17.2 Å². The zero-order valence-corrected chi connectivity index (χ0v) is 9.56. The van der Waals surface area contributed by atoms with Crippen LogP contribution in [-0.4, -0.2) is 13.6 Å². The summed E-state index contributed by atoms with van der Waals surface area (Å²) in [5, 5.41) is 3.17. The van der Waals surface area contributed by atoms with E-state index in [9.17, 15) is 0 Å². The molecule has 2 nitrogen and oxygen atoms in total. The maximum absolute atomic E-state index is 5.63. The summed E-state index contributed by atoms with van der Waals surface area (Å²) in [6.07, 6.45) is 0. The molecule has 0 aliphatic heterocycles. The third kappa shape index (κ3) is 2.53. The van der Waals surface area contributed by atoms with Gasteiger partial charge in [-0.05, 0) is 31.2 Å². The quantitative estimate of drug-likeness (QED) is 0.851. The summed E-state index contributed by atoms with van der Waals surface area (Å²) in [4.78, 5) is 0. The highest BCUT2D eigenvalue weighted by Crippen LogP contribution is 2.21. The lowest BCUT2D eigenvalue weighted by Crippen LogP contribution is -2.24. The normalized spacial score (nSPS) is 12.9. The predicted octanol–water partition coefficient (Wildman–Crippen LogP) is 1.98. The molecule has 72 valence electrons. The zero-order chi connectivity index (χ0) is 9.84. The van der Waals surface area contributed by atoms with Gasteiger partial charge in [0.2, 0.25) is 0 Å². The summed E-state index contributed by atoms with van der Waals surface area (Å²) in [6, 6.07) is 6.56. The third-order valence-electron chi connectivity index (χ3n) is 2.18. The van der Waals surface area contributed by atoms with Crippen LogP contribution in [0.5, 0.6) is 0 Å². The monoisotopic (exact) mass is 242 g/mol. The Bertz CT molecular complexity index is 282. The van der Waals surface area contributed by atoms with E-state index in [-0.39, 0.29) is 6.04 Å². The molecule has 0 amide bonds. The fourth-order valence-corrected chi connectivity index (χ4v) is 1.64. The van der Waals surface area contributed by atoms with Gasteiger partial charge in [0.05, 0.1) is 0 Å². The van der Waals surface area contributed by atoms with Crippen LogP contribution in [0.25, 0.3) is 0 Å². The Labute approximate surface area is 87.6 Å². The smallest absolute Gasteiger partial charge is 0.0442 e. The molecule has 3 N–H and O–H groups in total. The molecule has 0 aromatic heterocycles. The van der Waals surface area contributed by atoms with E-state index in [1.54, 1.807) is 0 Å². The van der Waals surface area contributed by atoms with E-state index in [1.807, 2.05) is 7.05 Å². The van der Waals surface area contributed by atoms with E-state index in [0.717, 1.165) is 4.47 Å². The molecule has 3 heteroatoms. The SMILES string of the molecule is CNC(CN)c1ccc(C)c(Br)c1. The Balaban J connectivity index is 2.95. The van der Waals surface area contributed by atoms with Crippen molar-refractivity contribution in [1.29, 1.82) is 0 Å². The average Bonchev–Trinajstić information content (AvgIpc) is 2.13. The predicted molar refractivity (Wildman–Crippen MR) is 59.7 cm³/mol. The first-order valence-corrected chi connectivity index (χ1v) is 5.11. The Kier molecular flexibility index (Phi) is 3.90. The van der Waals surface area contributed by atoms with Gasteiger partial charge in [-0.25, -0.2) is 0 Å². The number of likely N-dealkylation sites (N-methyl/N-ethyl adjacent to an activating group) is 1. The fraction of sp³-hybridized carbons (Fsp3) is 0.400. The van der Waals surface area contributed by atoms with E-state index < -0.39 is 0 Å². The molecule has 1 unspecified atom stereocenters. The number of nitrogens with two attached hydrogens (primary N) is 1. The van der Waals surface area contributed by atoms with Crippen molar-refractivity contribution in [3.8, 4) is 0 Å². The largest absolute Gasteiger partial charge is 0.329 e. The second-order valence-corrected chi connectivity index (χ2v) is 3.94. The lowest BCUT2D eigenvalue weighted by Gasteiger charge is -2.14. The summed E-state index contributed by atoms with van der Waals surface area (Å²) in [5.41, 5.74) is 8.10. The van der Waals surface area contributed by atoms with Crippen molar-refractivity contribution in [1.82, 2.24) is 5.32 Å². The summed E-state index contributed by atoms with van der Waals surface area (Å²) in [6.45, 7) is 2.69. The molecule has 1 aromatic rings. The minimum Gasteiger partial charge on any atom is -0.329 e. The first-order chi connectivity index (χ1) is 6.19. The molecule has 0 bridgehead atoms. The topological polar surface area (TPSA) is 38.0 Å². The lowest BCUT2D eigenvalue weighted by molar-refractivity contribution is 0.605. The molecular weight excluding hydrogens is 228 g/mol. The Hall–Kier alpha value is -0.380. The van der Waals surface area contributed by atoms with E-state index >= 15 is 0 Å². The highest BCUT2D eigenvalue weighted by atomic mass is 79.9. The zero-order valence-electron chi connectivity index (χ0n) is 7.97. The summed E-state index contributed by atoms with van der Waals surface area (Å²) in [7, 11) is 1.92. The van der Waals surface area contributed by atoms with Crippen LogP contribution in [0.15, 0.2) is 22.7 Å². The number of halogens is 1. The van der Waals surface area contributed by atoms with Gasteiger partial charge in [-0.2, -0.15) is 0 Å². The Morgan fingerprint density at radius 3 is 2.69 bits per heavy atom. The first kappa shape index (κ1) is 10.7. The van der Waals surface area contributed by atoms with Crippen LogP contribution in [0.3, 0.4) is 0 Å². The summed E-state index contributed by atoms with van der Waals surface area (Å²) < 4.78 is 1.14. The van der Waals surface area contributed by atoms with Crippen LogP contribution in [0.4, 0.5) is 0 Å². The number of hydrogen-bond acceptors (Lipinski definition) is 2. The van der Waals surface area contributed by atoms with Crippen molar-refractivity contribution in [3.05, 3.63) is 33.8 Å². The van der Waals surface area contributed by atoms with Crippen molar-refractivity contribution in [2.24, 2.45) is 5.73 Å². The molecule has 0 spiro atoms. The first-order valence-electron chi connectivity index (χ1n) is 4.32. The van der Waals surface area contributed by atoms with Crippen LogP contribution >= 0.6 is 15.9 Å². The van der Waals surface area contributed by atoms with Gasteiger partial charge in [0.25, 0.3) is 0 Å². The second kappa shape index (κ2) is 4.74. The molecule has 0 aliphatic carbocycles. The minimum absolute atomic E-state index is 0.247. The van der Waals surface area contributed by atoms with Gasteiger partial charge >= 0.3 is 0 Å². The number of hydrogen-bond donors (Lipinski definition) is 2. The van der Waals surface area contributed by atoms with E-state index in [1.165, 1.54) is 11.1 Å². The third-order valence-corrected chi connectivity index (χ3v) is 3.04. The van der Waals surface area contributed by atoms with Gasteiger partial charge in [-0.1, -0.05) is 28.1 Å². The fourth-order valence-electron chi connectivity index (χ4n) is 1.25. The van der Waals surface area contributed by atoms with E-state index in [2.05, 4.69) is 46.4 Å². The van der Waals surface area contributed by atoms with Crippen LogP contribution in [0.2, 0.25) is 0 Å². The average molecular weight is 243 g/mol. The van der Waals surface area contributed by atoms with Crippen molar-refractivity contribution in [2.45, 2.75) is 13.0 Å². The van der Waals surface area contributed by atoms with Crippen LogP contribution < -0.4 is 11.1 Å². The molecule has 0 saturated heterocycles. The molecule has 0 aliphatic rings. The summed E-state index contributed by atoms with van der Waals surface area (Å²) in [5.74, 6) is 0. The van der Waals surface area contributed by atoms with Gasteiger partial charge in [0.15, 0.2) is 0 Å². The van der Waals surface area contributed by atoms with E-state index in [4.69, 9.17) is 5.73 Å². The van der Waals surface area contributed by atoms with E-state index in [0.29, 0.717) is 6.54 Å². The van der Waals surface area contributed by atoms with Gasteiger partial charge in [0.1, 0.15) is 0 Å². The standard InChI is InChI=1S/C10H15BrN2/c1-7-3-4-8(5-9(7)11)10(6-12)13-2/h3-5,10,13H,6,12H2,1-2H3. The molecular formula is C10H15BrN2. The van der Waals surface area contributed by atoms with Gasteiger partial charge < -0.3 is 11.1 Å². The Morgan fingerprint density at radius 2 is 2.23 bits per heavy atom. The van der Waals surface area contributed by atoms with Gasteiger partial charge in [-0.15, -0.1) is 0 Å². The van der Waals surface area contributed by atoms with Crippen molar-refractivity contribution in [3.63, 3.8) is 0 Å². The maximum atomic E-state index is 5.63. The number of rotatable bonds is 3. The van der Waals surface area contributed by atoms with Crippen molar-refractivity contribution >= 4 is 15.9 Å². The van der Waals surface area contributed by atoms with Crippen LogP contribution in [0, 0.1) is 6.92 Å². The van der Waals surface area contributed by atoms with Crippen molar-refractivity contribution < 1.29 is 0 Å². The molecule has 0 saturated carbocycles. The highest BCUT2D eigenvalue weighted by molar-refractivity contribution is 9.10. The highest BCUT2D eigenvalue weighted by Gasteiger charge is 2.07. The number of benzene rings is 1. The van der Waals surface area contributed by atoms with Crippen LogP contribution in [-0.2, 0) is 0 Å². The van der Waals surface area contributed by atoms with Gasteiger partial charge in [-0.3, -0.25) is 0 Å². The molecule has 0 radical (unpaired) electrons. The summed E-state index contributed by atoms with van der Waals surface area (Å²) >= 11 is 3.50. The van der Waals surface area contributed by atoms with Crippen molar-refractivity contribution in [2.75, 3.05) is 13.6 Å². The maximum Gasteiger partial charge on any atom is 0.0442 e. The number of aryl methyl sites for hydroxylation is 1. The number of nitrogens with one attached hydrogen (secondary N) is 1.